The van der Waals surface area contributed by atoms with Crippen LogP contribution in [0.25, 0.3) is 17.2 Å². The van der Waals surface area contributed by atoms with Crippen LogP contribution in [0.5, 0.6) is 5.75 Å². The molecule has 0 radical (unpaired) electrons. The highest BCUT2D eigenvalue weighted by molar-refractivity contribution is 5.95. The van der Waals surface area contributed by atoms with Crippen LogP contribution in [-0.4, -0.2) is 37.5 Å². The number of nitrogens with one attached hydrogen (secondary N) is 1. The molecule has 166 valence electrons. The molecule has 1 unspecified atom stereocenters. The van der Waals surface area contributed by atoms with E-state index < -0.39 is 0 Å². The van der Waals surface area contributed by atoms with Gasteiger partial charge in [-0.1, -0.05) is 12.1 Å². The van der Waals surface area contributed by atoms with E-state index in [-0.39, 0.29) is 23.6 Å². The van der Waals surface area contributed by atoms with E-state index in [1.807, 2.05) is 38.1 Å². The van der Waals surface area contributed by atoms with E-state index in [1.165, 1.54) is 23.0 Å². The molecule has 4 aromatic rings. The highest BCUT2D eigenvalue weighted by Crippen LogP contribution is 2.40. The molecule has 5 rings (SSSR count). The fourth-order valence-corrected chi connectivity index (χ4v) is 4.11. The molecule has 0 saturated heterocycles. The molecule has 9 heteroatoms. The van der Waals surface area contributed by atoms with Crippen molar-refractivity contribution in [2.24, 2.45) is 0 Å². The van der Waals surface area contributed by atoms with Crippen LogP contribution in [0.2, 0.25) is 0 Å². The van der Waals surface area contributed by atoms with Crippen molar-refractivity contribution >= 4 is 11.7 Å². The number of halogens is 1. The number of ether oxygens (including phenoxy) is 1. The minimum Gasteiger partial charge on any atom is -0.494 e. The van der Waals surface area contributed by atoms with Gasteiger partial charge in [0, 0.05) is 23.5 Å². The summed E-state index contributed by atoms with van der Waals surface area (Å²) in [6.07, 6.45) is 1.80. The van der Waals surface area contributed by atoms with Crippen molar-refractivity contribution in [1.29, 1.82) is 0 Å². The molecule has 33 heavy (non-hydrogen) atoms. The fourth-order valence-electron chi connectivity index (χ4n) is 4.11. The van der Waals surface area contributed by atoms with Crippen LogP contribution >= 0.6 is 0 Å². The first kappa shape index (κ1) is 20.7. The zero-order valence-electron chi connectivity index (χ0n) is 18.1. The number of amides is 1. The summed E-state index contributed by atoms with van der Waals surface area (Å²) in [4.78, 5) is 17.2. The van der Waals surface area contributed by atoms with E-state index in [1.54, 1.807) is 12.1 Å². The highest BCUT2D eigenvalue weighted by atomic mass is 19.1. The SMILES string of the molecule is CCOc1cccc(C2CC(=O)Nc3c2c(C)nn3-c2nncc(-c3ccc(F)cc3)n2)c1. The number of nitrogens with zero attached hydrogens (tertiary/aromatic N) is 5. The average molecular weight is 444 g/mol. The van der Waals surface area contributed by atoms with Gasteiger partial charge in [-0.2, -0.15) is 14.9 Å². The fraction of sp³-hybridized carbons (Fsp3) is 0.208. The predicted octanol–water partition coefficient (Wildman–Crippen LogP) is 4.04. The number of hydrogen-bond acceptors (Lipinski definition) is 6. The van der Waals surface area contributed by atoms with Gasteiger partial charge >= 0.3 is 0 Å². The number of benzene rings is 2. The predicted molar refractivity (Wildman–Crippen MR) is 120 cm³/mol. The summed E-state index contributed by atoms with van der Waals surface area (Å²) >= 11 is 0. The number of aromatic nitrogens is 5. The summed E-state index contributed by atoms with van der Waals surface area (Å²) in [6, 6.07) is 13.7. The van der Waals surface area contributed by atoms with E-state index in [2.05, 4.69) is 25.6 Å². The molecule has 1 aliphatic heterocycles. The lowest BCUT2D eigenvalue weighted by Crippen LogP contribution is -2.25. The van der Waals surface area contributed by atoms with Crippen LogP contribution in [0.3, 0.4) is 0 Å². The van der Waals surface area contributed by atoms with E-state index in [4.69, 9.17) is 4.74 Å². The van der Waals surface area contributed by atoms with Crippen molar-refractivity contribution in [3.8, 4) is 23.0 Å². The van der Waals surface area contributed by atoms with Gasteiger partial charge in [-0.25, -0.2) is 9.37 Å². The number of carbonyl (C=O) groups excluding carboxylic acids is 1. The number of anilines is 1. The second kappa shape index (κ2) is 8.42. The maximum atomic E-state index is 13.3. The van der Waals surface area contributed by atoms with Crippen molar-refractivity contribution in [3.05, 3.63) is 77.4 Å². The summed E-state index contributed by atoms with van der Waals surface area (Å²) in [7, 11) is 0. The average Bonchev–Trinajstić information content (AvgIpc) is 3.15. The summed E-state index contributed by atoms with van der Waals surface area (Å²) < 4.78 is 20.5. The maximum absolute atomic E-state index is 13.3. The first-order valence-electron chi connectivity index (χ1n) is 10.6. The molecule has 2 aromatic carbocycles. The third-order valence-electron chi connectivity index (χ3n) is 5.55. The Morgan fingerprint density at radius 2 is 2.03 bits per heavy atom. The third kappa shape index (κ3) is 3.93. The molecule has 0 aliphatic carbocycles. The molecule has 1 N–H and O–H groups in total. The van der Waals surface area contributed by atoms with Gasteiger partial charge in [0.2, 0.25) is 5.91 Å². The van der Waals surface area contributed by atoms with Crippen molar-refractivity contribution in [2.75, 3.05) is 11.9 Å². The highest BCUT2D eigenvalue weighted by Gasteiger charge is 2.33. The van der Waals surface area contributed by atoms with E-state index >= 15 is 0 Å². The molecule has 0 fully saturated rings. The largest absolute Gasteiger partial charge is 0.494 e. The van der Waals surface area contributed by atoms with Crippen LogP contribution in [0.1, 0.15) is 36.1 Å². The second-order valence-corrected chi connectivity index (χ2v) is 7.72. The molecule has 0 spiro atoms. The van der Waals surface area contributed by atoms with Gasteiger partial charge in [-0.05, 0) is 55.8 Å². The monoisotopic (exact) mass is 444 g/mol. The van der Waals surface area contributed by atoms with Crippen LogP contribution in [0.15, 0.2) is 54.7 Å². The Morgan fingerprint density at radius 3 is 2.82 bits per heavy atom. The maximum Gasteiger partial charge on any atom is 0.272 e. The Balaban J connectivity index is 1.58. The number of rotatable bonds is 5. The zero-order valence-corrected chi connectivity index (χ0v) is 18.1. The van der Waals surface area contributed by atoms with Gasteiger partial charge in [-0.15, -0.1) is 5.10 Å². The number of fused-ring (bicyclic) bond motifs is 1. The molecule has 1 amide bonds. The molecule has 0 saturated carbocycles. The van der Waals surface area contributed by atoms with Crippen molar-refractivity contribution in [1.82, 2.24) is 25.0 Å². The summed E-state index contributed by atoms with van der Waals surface area (Å²) in [5.74, 6) is 0.847. The minimum atomic E-state index is -0.333. The number of aryl methyl sites for hydroxylation is 1. The Labute approximate surface area is 189 Å². The molecule has 2 aromatic heterocycles. The first-order chi connectivity index (χ1) is 16.0. The minimum absolute atomic E-state index is 0.127. The van der Waals surface area contributed by atoms with Crippen LogP contribution < -0.4 is 10.1 Å². The third-order valence-corrected chi connectivity index (χ3v) is 5.55. The first-order valence-corrected chi connectivity index (χ1v) is 10.6. The van der Waals surface area contributed by atoms with Crippen LogP contribution in [-0.2, 0) is 4.79 Å². The standard InChI is InChI=1S/C24H21FN6O2/c1-3-33-18-6-4-5-16(11-18)19-12-21(32)28-23-22(19)14(2)30-31(23)24-27-20(13-26-29-24)15-7-9-17(25)10-8-15/h4-11,13,19H,3,12H2,1-2H3,(H,28,32). The lowest BCUT2D eigenvalue weighted by Gasteiger charge is -2.24. The molecular formula is C24H21FN6O2. The Kier molecular flexibility index (Phi) is 5.29. The molecule has 8 nitrogen and oxygen atoms in total. The molecule has 3 heterocycles. The molecular weight excluding hydrogens is 423 g/mol. The van der Waals surface area contributed by atoms with Gasteiger partial charge in [0.05, 0.1) is 24.2 Å². The van der Waals surface area contributed by atoms with Gasteiger partial charge < -0.3 is 10.1 Å². The Hall–Kier alpha value is -4.14. The van der Waals surface area contributed by atoms with Gasteiger partial charge in [0.25, 0.3) is 5.95 Å². The lowest BCUT2D eigenvalue weighted by molar-refractivity contribution is -0.116. The van der Waals surface area contributed by atoms with Gasteiger partial charge in [-0.3, -0.25) is 4.79 Å². The van der Waals surface area contributed by atoms with E-state index in [0.29, 0.717) is 30.1 Å². The van der Waals surface area contributed by atoms with Crippen LogP contribution in [0, 0.1) is 12.7 Å². The summed E-state index contributed by atoms with van der Waals surface area (Å²) in [5, 5.41) is 15.7. The van der Waals surface area contributed by atoms with Gasteiger partial charge in [0.1, 0.15) is 17.4 Å². The number of carbonyl (C=O) groups is 1. The van der Waals surface area contributed by atoms with Crippen LogP contribution in [0.4, 0.5) is 10.2 Å². The summed E-state index contributed by atoms with van der Waals surface area (Å²) in [6.45, 7) is 4.39. The Morgan fingerprint density at radius 1 is 1.21 bits per heavy atom. The molecule has 0 bridgehead atoms. The molecule has 1 aliphatic rings. The normalized spacial score (nSPS) is 15.1. The second-order valence-electron chi connectivity index (χ2n) is 7.72. The van der Waals surface area contributed by atoms with Gasteiger partial charge in [0.15, 0.2) is 0 Å². The quantitative estimate of drug-likeness (QED) is 0.499. The zero-order chi connectivity index (χ0) is 22.9. The smallest absolute Gasteiger partial charge is 0.272 e. The van der Waals surface area contributed by atoms with Crippen molar-refractivity contribution in [3.63, 3.8) is 0 Å². The van der Waals surface area contributed by atoms with Crippen molar-refractivity contribution in [2.45, 2.75) is 26.2 Å². The van der Waals surface area contributed by atoms with E-state index in [9.17, 15) is 9.18 Å². The molecule has 1 atom stereocenters. The summed E-state index contributed by atoms with van der Waals surface area (Å²) in [5.41, 5.74) is 3.84. The van der Waals surface area contributed by atoms with E-state index in [0.717, 1.165) is 22.6 Å². The van der Waals surface area contributed by atoms with Crippen molar-refractivity contribution < 1.29 is 13.9 Å². The number of hydrogen-bond donors (Lipinski definition) is 1. The Bertz CT molecular complexity index is 1340. The topological polar surface area (TPSA) is 94.8 Å². The lowest BCUT2D eigenvalue weighted by atomic mass is 9.86.